The molecule has 3 rings (SSSR count). The molecule has 0 saturated carbocycles. The molecule has 5 nitrogen and oxygen atoms in total. The Morgan fingerprint density at radius 2 is 2.32 bits per heavy atom. The highest BCUT2D eigenvalue weighted by molar-refractivity contribution is 9.10. The maximum Gasteiger partial charge on any atom is 0.247 e. The van der Waals surface area contributed by atoms with Crippen LogP contribution >= 0.6 is 15.9 Å². The van der Waals surface area contributed by atoms with Crippen molar-refractivity contribution in [1.82, 2.24) is 20.4 Å². The minimum atomic E-state index is -0.218. The molecule has 1 aliphatic rings. The zero-order chi connectivity index (χ0) is 13.3. The van der Waals surface area contributed by atoms with Crippen LogP contribution in [0, 0.1) is 0 Å². The van der Waals surface area contributed by atoms with E-state index in [4.69, 9.17) is 4.52 Å². The third-order valence-electron chi connectivity index (χ3n) is 3.49. The number of hydrogen-bond acceptors (Lipinski definition) is 5. The molecule has 2 aromatic rings. The minimum Gasteiger partial charge on any atom is -0.337 e. The fourth-order valence-corrected chi connectivity index (χ4v) is 2.77. The topological polar surface area (TPSA) is 63.8 Å². The number of piperidine rings is 1. The van der Waals surface area contributed by atoms with Gasteiger partial charge in [0, 0.05) is 10.7 Å². The second kappa shape index (κ2) is 5.02. The summed E-state index contributed by atoms with van der Waals surface area (Å²) >= 11 is 3.45. The van der Waals surface area contributed by atoms with E-state index in [1.54, 1.807) is 6.20 Å². The third kappa shape index (κ3) is 2.42. The average Bonchev–Trinajstić information content (AvgIpc) is 2.90. The summed E-state index contributed by atoms with van der Waals surface area (Å²) in [5.41, 5.74) is 0.488. The zero-order valence-corrected chi connectivity index (χ0v) is 12.3. The van der Waals surface area contributed by atoms with Gasteiger partial charge >= 0.3 is 0 Å². The Balaban J connectivity index is 1.93. The number of halogens is 1. The van der Waals surface area contributed by atoms with Crippen molar-refractivity contribution >= 4 is 15.9 Å². The van der Waals surface area contributed by atoms with Crippen LogP contribution in [0.15, 0.2) is 27.3 Å². The zero-order valence-electron chi connectivity index (χ0n) is 10.7. The van der Waals surface area contributed by atoms with Crippen LogP contribution in [-0.4, -0.2) is 21.7 Å². The van der Waals surface area contributed by atoms with E-state index in [0.29, 0.717) is 17.4 Å². The van der Waals surface area contributed by atoms with E-state index in [1.807, 2.05) is 12.1 Å². The summed E-state index contributed by atoms with van der Waals surface area (Å²) in [5.74, 6) is 1.16. The van der Waals surface area contributed by atoms with Crippen molar-refractivity contribution in [3.63, 3.8) is 0 Å². The quantitative estimate of drug-likeness (QED) is 0.921. The van der Waals surface area contributed by atoms with E-state index in [1.165, 1.54) is 12.8 Å². The first-order valence-corrected chi connectivity index (χ1v) is 7.18. The molecule has 1 unspecified atom stereocenters. The predicted molar refractivity (Wildman–Crippen MR) is 74.4 cm³/mol. The highest BCUT2D eigenvalue weighted by atomic mass is 79.9. The van der Waals surface area contributed by atoms with Gasteiger partial charge in [-0.3, -0.25) is 4.98 Å². The molecule has 1 saturated heterocycles. The SMILES string of the molecule is CC1(c2nc(-c3ncccc3Br)no2)CCCCN1. The van der Waals surface area contributed by atoms with Crippen LogP contribution in [0.3, 0.4) is 0 Å². The lowest BCUT2D eigenvalue weighted by molar-refractivity contribution is 0.207. The van der Waals surface area contributed by atoms with Gasteiger partial charge in [-0.1, -0.05) is 5.16 Å². The maximum absolute atomic E-state index is 5.43. The normalized spacial score (nSPS) is 23.5. The molecule has 1 atom stereocenters. The molecule has 0 spiro atoms. The van der Waals surface area contributed by atoms with Crippen molar-refractivity contribution in [2.75, 3.05) is 6.54 Å². The summed E-state index contributed by atoms with van der Waals surface area (Å²) in [6.45, 7) is 3.10. The number of nitrogens with one attached hydrogen (secondary N) is 1. The molecule has 1 N–H and O–H groups in total. The molecule has 0 aliphatic carbocycles. The van der Waals surface area contributed by atoms with Gasteiger partial charge in [0.05, 0.1) is 5.54 Å². The molecule has 100 valence electrons. The van der Waals surface area contributed by atoms with Crippen molar-refractivity contribution in [2.45, 2.75) is 31.7 Å². The van der Waals surface area contributed by atoms with Crippen LogP contribution in [0.1, 0.15) is 32.1 Å². The second-order valence-electron chi connectivity index (χ2n) is 4.97. The smallest absolute Gasteiger partial charge is 0.247 e. The molecule has 19 heavy (non-hydrogen) atoms. The van der Waals surface area contributed by atoms with E-state index in [9.17, 15) is 0 Å². The summed E-state index contributed by atoms with van der Waals surface area (Å²) in [7, 11) is 0. The highest BCUT2D eigenvalue weighted by Gasteiger charge is 2.34. The molecule has 0 radical (unpaired) electrons. The molecule has 1 aliphatic heterocycles. The van der Waals surface area contributed by atoms with Crippen molar-refractivity contribution in [1.29, 1.82) is 0 Å². The van der Waals surface area contributed by atoms with Crippen molar-refractivity contribution < 1.29 is 4.52 Å². The van der Waals surface area contributed by atoms with Gasteiger partial charge in [0.1, 0.15) is 5.69 Å². The molecular formula is C13H15BrN4O. The van der Waals surface area contributed by atoms with Gasteiger partial charge in [-0.05, 0) is 60.8 Å². The first-order valence-electron chi connectivity index (χ1n) is 6.39. The summed E-state index contributed by atoms with van der Waals surface area (Å²) in [4.78, 5) is 8.78. The molecule has 0 amide bonds. The molecule has 3 heterocycles. The third-order valence-corrected chi connectivity index (χ3v) is 4.13. The largest absolute Gasteiger partial charge is 0.337 e. The Labute approximate surface area is 119 Å². The fraction of sp³-hybridized carbons (Fsp3) is 0.462. The second-order valence-corrected chi connectivity index (χ2v) is 5.83. The van der Waals surface area contributed by atoms with Gasteiger partial charge < -0.3 is 9.84 Å². The maximum atomic E-state index is 5.43. The number of rotatable bonds is 2. The number of pyridine rings is 1. The summed E-state index contributed by atoms with van der Waals surface area (Å²) < 4.78 is 6.30. The van der Waals surface area contributed by atoms with Gasteiger partial charge in [0.25, 0.3) is 0 Å². The molecule has 6 heteroatoms. The van der Waals surface area contributed by atoms with E-state index in [2.05, 4.69) is 43.3 Å². The van der Waals surface area contributed by atoms with Crippen molar-refractivity contribution in [2.24, 2.45) is 0 Å². The Morgan fingerprint density at radius 1 is 1.42 bits per heavy atom. The van der Waals surface area contributed by atoms with Gasteiger partial charge in [0.2, 0.25) is 11.7 Å². The molecule has 2 aromatic heterocycles. The van der Waals surface area contributed by atoms with Gasteiger partial charge in [-0.2, -0.15) is 4.98 Å². The van der Waals surface area contributed by atoms with Gasteiger partial charge in [-0.25, -0.2) is 0 Å². The van der Waals surface area contributed by atoms with Crippen LogP contribution in [-0.2, 0) is 5.54 Å². The molecule has 0 bridgehead atoms. The lowest BCUT2D eigenvalue weighted by Crippen LogP contribution is -2.43. The number of nitrogens with zero attached hydrogens (tertiary/aromatic N) is 3. The van der Waals surface area contributed by atoms with Crippen LogP contribution < -0.4 is 5.32 Å². The monoisotopic (exact) mass is 322 g/mol. The minimum absolute atomic E-state index is 0.218. The standard InChI is InChI=1S/C13H15BrN4O/c1-13(6-2-3-8-16-13)12-17-11(18-19-12)10-9(14)5-4-7-15-10/h4-5,7,16H,2-3,6,8H2,1H3. The highest BCUT2D eigenvalue weighted by Crippen LogP contribution is 2.31. The predicted octanol–water partition coefficient (Wildman–Crippen LogP) is 2.88. The van der Waals surface area contributed by atoms with Gasteiger partial charge in [0.15, 0.2) is 0 Å². The summed E-state index contributed by atoms with van der Waals surface area (Å²) in [5, 5.41) is 7.51. The first-order chi connectivity index (χ1) is 9.19. The Hall–Kier alpha value is -1.27. The average molecular weight is 323 g/mol. The van der Waals surface area contributed by atoms with Crippen molar-refractivity contribution in [3.05, 3.63) is 28.7 Å². The van der Waals surface area contributed by atoms with Crippen LogP contribution in [0.25, 0.3) is 11.5 Å². The number of hydrogen-bond donors (Lipinski definition) is 1. The first kappa shape index (κ1) is 12.7. The van der Waals surface area contributed by atoms with E-state index in [0.717, 1.165) is 17.4 Å². The summed E-state index contributed by atoms with van der Waals surface area (Å²) in [6.07, 6.45) is 5.10. The van der Waals surface area contributed by atoms with Crippen LogP contribution in [0.4, 0.5) is 0 Å². The Bertz CT molecular complexity index is 578. The van der Waals surface area contributed by atoms with E-state index in [-0.39, 0.29) is 5.54 Å². The molecule has 1 fully saturated rings. The van der Waals surface area contributed by atoms with Crippen LogP contribution in [0.5, 0.6) is 0 Å². The molecular weight excluding hydrogens is 308 g/mol. The molecule has 0 aromatic carbocycles. The summed E-state index contributed by atoms with van der Waals surface area (Å²) in [6, 6.07) is 3.78. The van der Waals surface area contributed by atoms with Gasteiger partial charge in [-0.15, -0.1) is 0 Å². The number of aromatic nitrogens is 3. The van der Waals surface area contributed by atoms with E-state index >= 15 is 0 Å². The van der Waals surface area contributed by atoms with Crippen LogP contribution in [0.2, 0.25) is 0 Å². The lowest BCUT2D eigenvalue weighted by atomic mass is 9.91. The van der Waals surface area contributed by atoms with Crippen molar-refractivity contribution in [3.8, 4) is 11.5 Å². The van der Waals surface area contributed by atoms with E-state index < -0.39 is 0 Å². The lowest BCUT2D eigenvalue weighted by Gasteiger charge is -2.31. The fourth-order valence-electron chi connectivity index (χ4n) is 2.33. The Morgan fingerprint density at radius 3 is 3.05 bits per heavy atom. The Kier molecular flexibility index (Phi) is 3.36.